The first-order valence-electron chi connectivity index (χ1n) is 8.04. The first-order chi connectivity index (χ1) is 13.0. The Labute approximate surface area is 160 Å². The van der Waals surface area contributed by atoms with Crippen LogP contribution in [0.3, 0.4) is 0 Å². The molecule has 8 heteroatoms. The van der Waals surface area contributed by atoms with Crippen LogP contribution in [0, 0.1) is 6.92 Å². The van der Waals surface area contributed by atoms with Gasteiger partial charge in [0, 0.05) is 22.8 Å². The zero-order valence-corrected chi connectivity index (χ0v) is 16.0. The molecule has 0 spiro atoms. The maximum Gasteiger partial charge on any atom is 0.299 e. The number of aryl methyl sites for hydroxylation is 1. The second-order valence-electron chi connectivity index (χ2n) is 5.64. The highest BCUT2D eigenvalue weighted by molar-refractivity contribution is 7.98. The van der Waals surface area contributed by atoms with Gasteiger partial charge in [-0.15, -0.1) is 0 Å². The van der Waals surface area contributed by atoms with Crippen molar-refractivity contribution < 1.29 is 9.53 Å². The van der Waals surface area contributed by atoms with E-state index in [1.807, 2.05) is 6.26 Å². The average Bonchev–Trinajstić information content (AvgIpc) is 2.68. The third-order valence-corrected chi connectivity index (χ3v) is 4.61. The minimum atomic E-state index is -0.335. The van der Waals surface area contributed by atoms with Crippen LogP contribution in [0.1, 0.15) is 5.56 Å². The van der Waals surface area contributed by atoms with Gasteiger partial charge in [0.2, 0.25) is 5.91 Å². The predicted octanol–water partition coefficient (Wildman–Crippen LogP) is 2.94. The number of thioether (sulfide) groups is 1. The molecule has 3 rings (SSSR count). The molecule has 2 aromatic heterocycles. The molecular weight excluding hydrogens is 364 g/mol. The second kappa shape index (κ2) is 7.63. The van der Waals surface area contributed by atoms with E-state index >= 15 is 0 Å². The van der Waals surface area contributed by atoms with E-state index in [-0.39, 0.29) is 17.2 Å². The Bertz CT molecular complexity index is 1110. The van der Waals surface area contributed by atoms with Gasteiger partial charge in [-0.2, -0.15) is 0 Å². The zero-order valence-electron chi connectivity index (χ0n) is 15.1. The van der Waals surface area contributed by atoms with Crippen LogP contribution < -0.4 is 15.6 Å². The van der Waals surface area contributed by atoms with Crippen molar-refractivity contribution in [3.05, 3.63) is 59.0 Å². The van der Waals surface area contributed by atoms with E-state index in [0.717, 1.165) is 0 Å². The van der Waals surface area contributed by atoms with E-state index in [0.29, 0.717) is 33.1 Å². The Balaban J connectivity index is 2.33. The SMILES string of the molecule is C=CC(=O)Nc1cccc(-n2c(=O)c(OC)c(C)c3cnc(SC)nc32)c1. The van der Waals surface area contributed by atoms with Crippen LogP contribution >= 0.6 is 11.8 Å². The van der Waals surface area contributed by atoms with Crippen molar-refractivity contribution in [1.82, 2.24) is 14.5 Å². The van der Waals surface area contributed by atoms with Gasteiger partial charge >= 0.3 is 0 Å². The number of hydrogen-bond donors (Lipinski definition) is 1. The molecule has 1 aromatic carbocycles. The number of aromatic nitrogens is 3. The summed E-state index contributed by atoms with van der Waals surface area (Å²) in [5.41, 5.74) is 1.91. The topological polar surface area (TPSA) is 86.1 Å². The first-order valence-corrected chi connectivity index (χ1v) is 9.26. The summed E-state index contributed by atoms with van der Waals surface area (Å²) >= 11 is 1.39. The molecule has 0 saturated heterocycles. The second-order valence-corrected chi connectivity index (χ2v) is 6.41. The number of anilines is 1. The van der Waals surface area contributed by atoms with Crippen molar-refractivity contribution in [1.29, 1.82) is 0 Å². The average molecular weight is 382 g/mol. The summed E-state index contributed by atoms with van der Waals surface area (Å²) in [5, 5.41) is 3.96. The maximum atomic E-state index is 13.1. The van der Waals surface area contributed by atoms with Gasteiger partial charge in [0.1, 0.15) is 0 Å². The van der Waals surface area contributed by atoms with E-state index < -0.39 is 0 Å². The number of carbonyl (C=O) groups excluding carboxylic acids is 1. The number of methoxy groups -OCH3 is 1. The van der Waals surface area contributed by atoms with Crippen molar-refractivity contribution in [3.8, 4) is 11.4 Å². The Morgan fingerprint density at radius 3 is 2.85 bits per heavy atom. The number of fused-ring (bicyclic) bond motifs is 1. The Morgan fingerprint density at radius 1 is 1.41 bits per heavy atom. The monoisotopic (exact) mass is 382 g/mol. The van der Waals surface area contributed by atoms with Crippen LogP contribution in [-0.4, -0.2) is 33.8 Å². The summed E-state index contributed by atoms with van der Waals surface area (Å²) < 4.78 is 6.80. The number of rotatable bonds is 5. The van der Waals surface area contributed by atoms with Gasteiger partial charge in [-0.25, -0.2) is 9.97 Å². The molecule has 27 heavy (non-hydrogen) atoms. The predicted molar refractivity (Wildman–Crippen MR) is 107 cm³/mol. The summed E-state index contributed by atoms with van der Waals surface area (Å²) in [6.45, 7) is 5.24. The van der Waals surface area contributed by atoms with E-state index in [1.54, 1.807) is 37.4 Å². The molecule has 1 amide bonds. The highest BCUT2D eigenvalue weighted by Crippen LogP contribution is 2.26. The van der Waals surface area contributed by atoms with Gasteiger partial charge in [0.25, 0.3) is 5.56 Å². The van der Waals surface area contributed by atoms with Crippen LogP contribution in [0.5, 0.6) is 5.75 Å². The largest absolute Gasteiger partial charge is 0.491 e. The molecule has 3 aromatic rings. The molecule has 0 saturated carbocycles. The third kappa shape index (κ3) is 3.43. The van der Waals surface area contributed by atoms with Crippen LogP contribution in [0.15, 0.2) is 53.1 Å². The Hall–Kier alpha value is -3.13. The smallest absolute Gasteiger partial charge is 0.299 e. The lowest BCUT2D eigenvalue weighted by Gasteiger charge is -2.15. The zero-order chi connectivity index (χ0) is 19.6. The lowest BCUT2D eigenvalue weighted by molar-refractivity contribution is -0.111. The van der Waals surface area contributed by atoms with E-state index in [4.69, 9.17) is 4.74 Å². The highest BCUT2D eigenvalue weighted by atomic mass is 32.2. The number of pyridine rings is 1. The molecule has 0 fully saturated rings. The highest BCUT2D eigenvalue weighted by Gasteiger charge is 2.18. The summed E-state index contributed by atoms with van der Waals surface area (Å²) in [7, 11) is 1.46. The Morgan fingerprint density at radius 2 is 2.19 bits per heavy atom. The molecule has 0 unspecified atom stereocenters. The first kappa shape index (κ1) is 18.7. The number of nitrogens with zero attached hydrogens (tertiary/aromatic N) is 3. The van der Waals surface area contributed by atoms with Crippen LogP contribution in [0.4, 0.5) is 5.69 Å². The van der Waals surface area contributed by atoms with Gasteiger partial charge in [0.05, 0.1) is 12.8 Å². The van der Waals surface area contributed by atoms with Gasteiger partial charge in [-0.05, 0) is 37.5 Å². The molecule has 2 heterocycles. The molecule has 0 atom stereocenters. The van der Waals surface area contributed by atoms with Crippen LogP contribution in [-0.2, 0) is 4.79 Å². The summed E-state index contributed by atoms with van der Waals surface area (Å²) in [6.07, 6.45) is 4.73. The fourth-order valence-electron chi connectivity index (χ4n) is 2.77. The van der Waals surface area contributed by atoms with Gasteiger partial charge in [-0.3, -0.25) is 14.2 Å². The minimum absolute atomic E-state index is 0.225. The number of carbonyl (C=O) groups is 1. The summed E-state index contributed by atoms with van der Waals surface area (Å²) in [4.78, 5) is 33.5. The fraction of sp³-hybridized carbons (Fsp3) is 0.158. The van der Waals surface area contributed by atoms with Gasteiger partial charge < -0.3 is 10.1 Å². The number of hydrogen-bond acceptors (Lipinski definition) is 6. The molecular formula is C19H18N4O3S. The lowest BCUT2D eigenvalue weighted by atomic mass is 10.1. The third-order valence-electron chi connectivity index (χ3n) is 4.04. The number of benzene rings is 1. The Kier molecular flexibility index (Phi) is 5.27. The molecule has 0 aliphatic carbocycles. The van der Waals surface area contributed by atoms with Gasteiger partial charge in [-0.1, -0.05) is 24.4 Å². The van der Waals surface area contributed by atoms with Crippen molar-refractivity contribution in [2.75, 3.05) is 18.7 Å². The molecule has 0 aliphatic rings. The van der Waals surface area contributed by atoms with Crippen LogP contribution in [0.2, 0.25) is 0 Å². The van der Waals surface area contributed by atoms with E-state index in [1.165, 1.54) is 29.5 Å². The lowest BCUT2D eigenvalue weighted by Crippen LogP contribution is -2.23. The van der Waals surface area contributed by atoms with Crippen molar-refractivity contribution in [3.63, 3.8) is 0 Å². The molecule has 7 nitrogen and oxygen atoms in total. The number of ether oxygens (including phenoxy) is 1. The molecule has 138 valence electrons. The summed E-state index contributed by atoms with van der Waals surface area (Å²) in [6, 6.07) is 6.93. The number of nitrogens with one attached hydrogen (secondary N) is 1. The maximum absolute atomic E-state index is 13.1. The fourth-order valence-corrected chi connectivity index (χ4v) is 3.10. The molecule has 0 bridgehead atoms. The normalized spacial score (nSPS) is 10.6. The standard InChI is InChI=1S/C19H18N4O3S/c1-5-15(24)21-12-7-6-8-13(9-12)23-17-14(10-20-19(22-17)27-4)11(2)16(26-3)18(23)25/h5-10H,1H2,2-4H3,(H,21,24). The molecule has 0 aliphatic heterocycles. The minimum Gasteiger partial charge on any atom is -0.491 e. The van der Waals surface area contributed by atoms with Crippen molar-refractivity contribution in [2.45, 2.75) is 12.1 Å². The molecule has 1 N–H and O–H groups in total. The number of amides is 1. The quantitative estimate of drug-likeness (QED) is 0.415. The van der Waals surface area contributed by atoms with Crippen molar-refractivity contribution in [2.24, 2.45) is 0 Å². The molecule has 0 radical (unpaired) electrons. The summed E-state index contributed by atoms with van der Waals surface area (Å²) in [5.74, 6) is -0.110. The van der Waals surface area contributed by atoms with Gasteiger partial charge in [0.15, 0.2) is 16.6 Å². The van der Waals surface area contributed by atoms with E-state index in [2.05, 4.69) is 21.9 Å². The van der Waals surface area contributed by atoms with Crippen LogP contribution in [0.25, 0.3) is 16.7 Å². The van der Waals surface area contributed by atoms with E-state index in [9.17, 15) is 9.59 Å². The van der Waals surface area contributed by atoms with Crippen molar-refractivity contribution >= 4 is 34.4 Å².